The highest BCUT2D eigenvalue weighted by Crippen LogP contribution is 2.12. The molecule has 8 heteroatoms. The van der Waals surface area contributed by atoms with Crippen molar-refractivity contribution >= 4 is 17.9 Å². The number of likely N-dealkylation sites (N-methyl/N-ethyl adjacent to an activating group) is 1. The molecule has 0 bridgehead atoms. The van der Waals surface area contributed by atoms with Gasteiger partial charge in [0.15, 0.2) is 6.10 Å². The number of nitrogens with zero attached hydrogens (tertiary/aromatic N) is 1. The molecule has 2 atom stereocenters. The Morgan fingerprint density at radius 3 is 1.70 bits per heavy atom. The summed E-state index contributed by atoms with van der Waals surface area (Å²) in [6.45, 7) is 4.55. The van der Waals surface area contributed by atoms with Crippen molar-refractivity contribution in [3.63, 3.8) is 0 Å². The van der Waals surface area contributed by atoms with E-state index in [2.05, 4.69) is 38.2 Å². The number of quaternary nitrogens is 1. The van der Waals surface area contributed by atoms with Crippen molar-refractivity contribution in [2.45, 2.75) is 161 Å². The molecule has 0 aliphatic rings. The number of hydrogen-bond donors (Lipinski definition) is 0. The molecule has 0 saturated carbocycles. The molecule has 0 N–H and O–H groups in total. The van der Waals surface area contributed by atoms with E-state index >= 15 is 0 Å². The number of aliphatic carboxylic acids is 1. The van der Waals surface area contributed by atoms with Gasteiger partial charge in [0, 0.05) is 19.3 Å². The summed E-state index contributed by atoms with van der Waals surface area (Å²) in [6.07, 6.45) is 29.3. The van der Waals surface area contributed by atoms with Crippen molar-refractivity contribution in [1.82, 2.24) is 0 Å². The predicted octanol–water partition coefficient (Wildman–Crippen LogP) is 7.63. The highest BCUT2D eigenvalue weighted by Gasteiger charge is 2.25. The maximum atomic E-state index is 12.6. The smallest absolute Gasteiger partial charge is 0.306 e. The molecule has 0 rings (SSSR count). The number of carbonyl (C=O) groups excluding carboxylic acids is 3. The zero-order valence-corrected chi connectivity index (χ0v) is 30.2. The van der Waals surface area contributed by atoms with Crippen molar-refractivity contribution < 1.29 is 38.2 Å². The third-order valence-electron chi connectivity index (χ3n) is 8.09. The van der Waals surface area contributed by atoms with Crippen LogP contribution in [0.5, 0.6) is 0 Å². The summed E-state index contributed by atoms with van der Waals surface area (Å²) in [7, 11) is 5.38. The van der Waals surface area contributed by atoms with Crippen LogP contribution < -0.4 is 5.11 Å². The minimum absolute atomic E-state index is 0.0369. The molecule has 2 unspecified atom stereocenters. The normalized spacial score (nSPS) is 13.3. The predicted molar refractivity (Wildman–Crippen MR) is 185 cm³/mol. The SMILES string of the molecule is CCCCCC/C=C\C/C=C\CCCCCCCC(=O)OC(COCCC(C(=O)[O-])[N+](C)(C)C)COC(=O)CCCCCCCC. The van der Waals surface area contributed by atoms with Crippen LogP contribution in [-0.2, 0) is 28.6 Å². The Bertz CT molecular complexity index is 818. The van der Waals surface area contributed by atoms with Gasteiger partial charge < -0.3 is 28.6 Å². The van der Waals surface area contributed by atoms with Gasteiger partial charge in [-0.3, -0.25) is 9.59 Å². The van der Waals surface area contributed by atoms with E-state index in [0.717, 1.165) is 64.2 Å². The molecule has 268 valence electrons. The summed E-state index contributed by atoms with van der Waals surface area (Å²) in [6, 6.07) is -0.723. The first-order valence-electron chi connectivity index (χ1n) is 18.4. The lowest BCUT2D eigenvalue weighted by atomic mass is 10.1. The molecule has 0 aromatic carbocycles. The summed E-state index contributed by atoms with van der Waals surface area (Å²) in [5.74, 6) is -1.76. The highest BCUT2D eigenvalue weighted by atomic mass is 16.6. The average molecular weight is 652 g/mol. The summed E-state index contributed by atoms with van der Waals surface area (Å²) in [5.41, 5.74) is 0. The first kappa shape index (κ1) is 43.8. The zero-order valence-electron chi connectivity index (χ0n) is 30.2. The third kappa shape index (κ3) is 28.1. The van der Waals surface area contributed by atoms with E-state index in [1.165, 1.54) is 51.4 Å². The summed E-state index contributed by atoms with van der Waals surface area (Å²) in [5, 5.41) is 11.5. The quantitative estimate of drug-likeness (QED) is 0.0319. The van der Waals surface area contributed by atoms with Gasteiger partial charge in [-0.05, 0) is 44.9 Å². The average Bonchev–Trinajstić information content (AvgIpc) is 3.00. The van der Waals surface area contributed by atoms with Crippen LogP contribution >= 0.6 is 0 Å². The van der Waals surface area contributed by atoms with Crippen LogP contribution in [0.2, 0.25) is 0 Å². The van der Waals surface area contributed by atoms with E-state index in [9.17, 15) is 19.5 Å². The van der Waals surface area contributed by atoms with E-state index < -0.39 is 18.1 Å². The molecule has 0 spiro atoms. The van der Waals surface area contributed by atoms with Crippen molar-refractivity contribution in [2.24, 2.45) is 0 Å². The van der Waals surface area contributed by atoms with Gasteiger partial charge in [-0.2, -0.15) is 0 Å². The van der Waals surface area contributed by atoms with Crippen LogP contribution in [-0.4, -0.2) is 75.5 Å². The maximum absolute atomic E-state index is 12.6. The number of carbonyl (C=O) groups is 3. The fourth-order valence-electron chi connectivity index (χ4n) is 5.16. The molecule has 0 saturated heterocycles. The lowest BCUT2D eigenvalue weighted by molar-refractivity contribution is -0.889. The van der Waals surface area contributed by atoms with Crippen molar-refractivity contribution in [3.05, 3.63) is 24.3 Å². The molecule has 8 nitrogen and oxygen atoms in total. The van der Waals surface area contributed by atoms with Crippen molar-refractivity contribution in [1.29, 1.82) is 0 Å². The molecule has 0 radical (unpaired) electrons. The molecule has 0 aromatic heterocycles. The number of carboxylic acid groups (broad SMARTS) is 1. The van der Waals surface area contributed by atoms with Gasteiger partial charge in [-0.25, -0.2) is 0 Å². The van der Waals surface area contributed by atoms with Gasteiger partial charge in [-0.15, -0.1) is 0 Å². The Hall–Kier alpha value is -2.19. The van der Waals surface area contributed by atoms with Gasteiger partial charge in [0.25, 0.3) is 0 Å². The molecule has 0 heterocycles. The topological polar surface area (TPSA) is 102 Å². The number of rotatable bonds is 32. The van der Waals surface area contributed by atoms with E-state index in [1.807, 2.05) is 0 Å². The highest BCUT2D eigenvalue weighted by molar-refractivity contribution is 5.70. The molecular formula is C38H69NO7. The van der Waals surface area contributed by atoms with Gasteiger partial charge in [0.2, 0.25) is 0 Å². The number of esters is 2. The minimum Gasteiger partial charge on any atom is -0.544 e. The molecule has 0 aromatic rings. The number of allylic oxidation sites excluding steroid dienone is 4. The Morgan fingerprint density at radius 2 is 1.15 bits per heavy atom. The van der Waals surface area contributed by atoms with Crippen LogP contribution in [0.15, 0.2) is 24.3 Å². The number of unbranched alkanes of at least 4 members (excludes halogenated alkanes) is 14. The summed E-state index contributed by atoms with van der Waals surface area (Å²) >= 11 is 0. The van der Waals surface area contributed by atoms with Crippen LogP contribution in [0.3, 0.4) is 0 Å². The lowest BCUT2D eigenvalue weighted by Crippen LogP contribution is -2.55. The molecule has 0 aliphatic carbocycles. The first-order valence-corrected chi connectivity index (χ1v) is 18.4. The van der Waals surface area contributed by atoms with Crippen LogP contribution in [0, 0.1) is 0 Å². The lowest BCUT2D eigenvalue weighted by Gasteiger charge is -2.34. The third-order valence-corrected chi connectivity index (χ3v) is 8.09. The fraction of sp³-hybridized carbons (Fsp3) is 0.816. The first-order chi connectivity index (χ1) is 22.1. The standard InChI is InChI=1S/C38H69NO7/c1-6-8-10-12-14-15-16-17-18-19-20-21-22-23-25-27-29-37(41)46-34(32-44-31-30-35(38(42)43)39(3,4)5)33-45-36(40)28-26-24-13-11-9-7-2/h15-16,18-19,34-35H,6-14,17,20-33H2,1-5H3/b16-15-,19-18-. The van der Waals surface area contributed by atoms with Crippen LogP contribution in [0.25, 0.3) is 0 Å². The Kier molecular flexibility index (Phi) is 28.7. The number of carboxylic acids is 1. The summed E-state index contributed by atoms with van der Waals surface area (Å²) in [4.78, 5) is 36.4. The molecule has 46 heavy (non-hydrogen) atoms. The minimum atomic E-state index is -1.13. The summed E-state index contributed by atoms with van der Waals surface area (Å²) < 4.78 is 17.0. The Balaban J connectivity index is 4.38. The van der Waals surface area contributed by atoms with Crippen LogP contribution in [0.4, 0.5) is 0 Å². The molecule has 0 aliphatic heterocycles. The molecule has 0 amide bonds. The maximum Gasteiger partial charge on any atom is 0.306 e. The van der Waals surface area contributed by atoms with Crippen LogP contribution in [0.1, 0.15) is 149 Å². The van der Waals surface area contributed by atoms with Gasteiger partial charge in [0.05, 0.1) is 40.3 Å². The van der Waals surface area contributed by atoms with E-state index in [0.29, 0.717) is 12.8 Å². The second-order valence-corrected chi connectivity index (χ2v) is 13.5. The van der Waals surface area contributed by atoms with Crippen molar-refractivity contribution in [2.75, 3.05) is 41.0 Å². The number of ether oxygens (including phenoxy) is 3. The fourth-order valence-corrected chi connectivity index (χ4v) is 5.16. The van der Waals surface area contributed by atoms with Crippen molar-refractivity contribution in [3.8, 4) is 0 Å². The van der Waals surface area contributed by atoms with E-state index in [-0.39, 0.29) is 42.7 Å². The molecule has 0 fully saturated rings. The number of hydrogen-bond acceptors (Lipinski definition) is 7. The monoisotopic (exact) mass is 652 g/mol. The van der Waals surface area contributed by atoms with E-state index in [4.69, 9.17) is 14.2 Å². The second-order valence-electron chi connectivity index (χ2n) is 13.5. The van der Waals surface area contributed by atoms with Gasteiger partial charge in [-0.1, -0.05) is 109 Å². The molecular weight excluding hydrogens is 582 g/mol. The van der Waals surface area contributed by atoms with E-state index in [1.54, 1.807) is 21.1 Å². The zero-order chi connectivity index (χ0) is 34.3. The van der Waals surface area contributed by atoms with Gasteiger partial charge in [0.1, 0.15) is 12.6 Å². The second kappa shape index (κ2) is 30.2. The largest absolute Gasteiger partial charge is 0.544 e. The van der Waals surface area contributed by atoms with Gasteiger partial charge >= 0.3 is 11.9 Å². The Morgan fingerprint density at radius 1 is 0.652 bits per heavy atom. The Labute approximate surface area is 281 Å².